The Kier molecular flexibility index (Phi) is 3.55. The van der Waals surface area contributed by atoms with Gasteiger partial charge < -0.3 is 0 Å². The van der Waals surface area contributed by atoms with Gasteiger partial charge in [0.2, 0.25) is 0 Å². The highest BCUT2D eigenvalue weighted by atomic mass is 32.1. The molecule has 4 heterocycles. The van der Waals surface area contributed by atoms with E-state index < -0.39 is 0 Å². The molecule has 4 aromatic heterocycles. The standard InChI is InChI=1S/C20H14N4S2/c1-11-15-17(25-19(23-15)13-7-3-5-9-21-13)12(2)18-16(11)24-20(26-18)14-8-4-6-10-22-14/h3-10H,1-2H3. The zero-order valence-electron chi connectivity index (χ0n) is 14.2. The van der Waals surface area contributed by atoms with Gasteiger partial charge in [-0.3, -0.25) is 9.97 Å². The molecule has 0 fully saturated rings. The number of nitrogens with zero attached hydrogens (tertiary/aromatic N) is 4. The zero-order chi connectivity index (χ0) is 17.7. The Morgan fingerprint density at radius 2 is 1.15 bits per heavy atom. The second-order valence-corrected chi connectivity index (χ2v) is 8.07. The largest absolute Gasteiger partial charge is 0.254 e. The molecule has 5 aromatic rings. The predicted molar refractivity (Wildman–Crippen MR) is 109 cm³/mol. The number of hydrogen-bond acceptors (Lipinski definition) is 6. The van der Waals surface area contributed by atoms with Gasteiger partial charge in [-0.25, -0.2) is 9.97 Å². The van der Waals surface area contributed by atoms with Gasteiger partial charge in [-0.2, -0.15) is 0 Å². The second kappa shape index (κ2) is 5.93. The molecule has 1 aromatic carbocycles. The minimum Gasteiger partial charge on any atom is -0.254 e. The molecule has 0 N–H and O–H groups in total. The third kappa shape index (κ3) is 2.34. The van der Waals surface area contributed by atoms with E-state index in [9.17, 15) is 0 Å². The molecule has 5 rings (SSSR count). The summed E-state index contributed by atoms with van der Waals surface area (Å²) in [6, 6.07) is 11.8. The SMILES string of the molecule is Cc1c2nc(-c3ccccn3)sc2c(C)c2sc(-c3ccccn3)nc12. The lowest BCUT2D eigenvalue weighted by molar-refractivity contribution is 1.29. The van der Waals surface area contributed by atoms with Gasteiger partial charge in [0, 0.05) is 18.0 Å². The molecular formula is C20H14N4S2. The van der Waals surface area contributed by atoms with E-state index in [4.69, 9.17) is 9.97 Å². The minimum atomic E-state index is 0.915. The molecule has 0 saturated heterocycles. The fraction of sp³-hybridized carbons (Fsp3) is 0.100. The van der Waals surface area contributed by atoms with Crippen LogP contribution in [0.4, 0.5) is 0 Å². The minimum absolute atomic E-state index is 0.915. The van der Waals surface area contributed by atoms with Gasteiger partial charge in [-0.1, -0.05) is 12.1 Å². The van der Waals surface area contributed by atoms with Crippen LogP contribution in [0, 0.1) is 13.8 Å². The summed E-state index contributed by atoms with van der Waals surface area (Å²) in [4.78, 5) is 18.6. The van der Waals surface area contributed by atoms with E-state index in [0.717, 1.165) is 38.0 Å². The smallest absolute Gasteiger partial charge is 0.143 e. The van der Waals surface area contributed by atoms with Gasteiger partial charge in [0.15, 0.2) is 0 Å². The Balaban J connectivity index is 1.76. The fourth-order valence-electron chi connectivity index (χ4n) is 3.07. The van der Waals surface area contributed by atoms with Crippen molar-refractivity contribution in [1.82, 2.24) is 19.9 Å². The van der Waals surface area contributed by atoms with Crippen LogP contribution in [0.2, 0.25) is 0 Å². The number of pyridine rings is 2. The summed E-state index contributed by atoms with van der Waals surface area (Å²) in [6.45, 7) is 4.26. The molecule has 0 aliphatic heterocycles. The molecular weight excluding hydrogens is 360 g/mol. The molecule has 26 heavy (non-hydrogen) atoms. The number of fused-ring (bicyclic) bond motifs is 2. The van der Waals surface area contributed by atoms with Gasteiger partial charge in [0.05, 0.1) is 31.8 Å². The van der Waals surface area contributed by atoms with E-state index in [0.29, 0.717) is 0 Å². The van der Waals surface area contributed by atoms with Crippen LogP contribution in [0.25, 0.3) is 41.8 Å². The molecule has 0 atom stereocenters. The van der Waals surface area contributed by atoms with Gasteiger partial charge in [0.1, 0.15) is 10.0 Å². The number of aryl methyl sites for hydroxylation is 2. The normalized spacial score (nSPS) is 11.5. The molecule has 4 nitrogen and oxygen atoms in total. The molecule has 6 heteroatoms. The molecule has 0 aliphatic rings. The predicted octanol–water partition coefficient (Wildman–Crippen LogP) is 5.65. The fourth-order valence-corrected chi connectivity index (χ4v) is 5.35. The van der Waals surface area contributed by atoms with Crippen LogP contribution in [0.5, 0.6) is 0 Å². The van der Waals surface area contributed by atoms with Crippen LogP contribution in [-0.4, -0.2) is 19.9 Å². The first-order valence-corrected chi connectivity index (χ1v) is 9.88. The molecule has 0 saturated carbocycles. The summed E-state index contributed by atoms with van der Waals surface area (Å²) in [6.07, 6.45) is 3.61. The summed E-state index contributed by atoms with van der Waals surface area (Å²) in [5, 5.41) is 1.91. The van der Waals surface area contributed by atoms with Crippen molar-refractivity contribution in [3.8, 4) is 21.4 Å². The van der Waals surface area contributed by atoms with Crippen LogP contribution in [0.1, 0.15) is 11.1 Å². The van der Waals surface area contributed by atoms with Crippen LogP contribution < -0.4 is 0 Å². The van der Waals surface area contributed by atoms with Crippen LogP contribution >= 0.6 is 22.7 Å². The highest BCUT2D eigenvalue weighted by Crippen LogP contribution is 2.41. The zero-order valence-corrected chi connectivity index (χ0v) is 15.9. The highest BCUT2D eigenvalue weighted by Gasteiger charge is 2.19. The first-order chi connectivity index (χ1) is 12.7. The van der Waals surface area contributed by atoms with Crippen molar-refractivity contribution in [3.05, 3.63) is 59.9 Å². The second-order valence-electron chi connectivity index (χ2n) is 6.07. The Bertz CT molecular complexity index is 1090. The van der Waals surface area contributed by atoms with Gasteiger partial charge >= 0.3 is 0 Å². The molecule has 0 radical (unpaired) electrons. The molecule has 0 unspecified atom stereocenters. The van der Waals surface area contributed by atoms with Crippen LogP contribution in [-0.2, 0) is 0 Å². The van der Waals surface area contributed by atoms with E-state index in [-0.39, 0.29) is 0 Å². The summed E-state index contributed by atoms with van der Waals surface area (Å²) >= 11 is 3.40. The number of hydrogen-bond donors (Lipinski definition) is 0. The molecule has 0 spiro atoms. The Morgan fingerprint density at radius 1 is 0.654 bits per heavy atom. The summed E-state index contributed by atoms with van der Waals surface area (Å²) in [7, 11) is 0. The van der Waals surface area contributed by atoms with Crippen molar-refractivity contribution in [3.63, 3.8) is 0 Å². The average Bonchev–Trinajstić information content (AvgIpc) is 3.33. The topological polar surface area (TPSA) is 51.6 Å². The third-order valence-electron chi connectivity index (χ3n) is 4.41. The first kappa shape index (κ1) is 15.5. The Hall–Kier alpha value is -2.70. The lowest BCUT2D eigenvalue weighted by atomic mass is 10.1. The number of aromatic nitrogens is 4. The maximum absolute atomic E-state index is 4.88. The van der Waals surface area contributed by atoms with Crippen molar-refractivity contribution in [2.24, 2.45) is 0 Å². The van der Waals surface area contributed by atoms with E-state index in [1.807, 2.05) is 36.4 Å². The van der Waals surface area contributed by atoms with E-state index in [2.05, 4.69) is 23.8 Å². The van der Waals surface area contributed by atoms with Gasteiger partial charge in [-0.05, 0) is 43.7 Å². The maximum atomic E-state index is 4.88. The van der Waals surface area contributed by atoms with Gasteiger partial charge in [-0.15, -0.1) is 22.7 Å². The number of thiazole rings is 2. The number of rotatable bonds is 2. The summed E-state index contributed by atoms with van der Waals surface area (Å²) < 4.78 is 2.43. The van der Waals surface area contributed by atoms with E-state index in [1.54, 1.807) is 35.1 Å². The summed E-state index contributed by atoms with van der Waals surface area (Å²) in [5.41, 5.74) is 6.24. The maximum Gasteiger partial charge on any atom is 0.143 e. The molecule has 126 valence electrons. The third-order valence-corrected chi connectivity index (χ3v) is 6.81. The monoisotopic (exact) mass is 374 g/mol. The Morgan fingerprint density at radius 3 is 1.58 bits per heavy atom. The van der Waals surface area contributed by atoms with Crippen molar-refractivity contribution in [2.45, 2.75) is 13.8 Å². The summed E-state index contributed by atoms with van der Waals surface area (Å²) in [5.74, 6) is 0. The van der Waals surface area contributed by atoms with E-state index >= 15 is 0 Å². The average molecular weight is 374 g/mol. The van der Waals surface area contributed by atoms with E-state index in [1.165, 1.54) is 15.0 Å². The van der Waals surface area contributed by atoms with Crippen molar-refractivity contribution < 1.29 is 0 Å². The quantitative estimate of drug-likeness (QED) is 0.401. The van der Waals surface area contributed by atoms with Gasteiger partial charge in [0.25, 0.3) is 0 Å². The highest BCUT2D eigenvalue weighted by molar-refractivity contribution is 7.24. The van der Waals surface area contributed by atoms with Crippen LogP contribution in [0.15, 0.2) is 48.8 Å². The molecule has 0 aliphatic carbocycles. The van der Waals surface area contributed by atoms with Crippen LogP contribution in [0.3, 0.4) is 0 Å². The van der Waals surface area contributed by atoms with Crippen molar-refractivity contribution in [2.75, 3.05) is 0 Å². The van der Waals surface area contributed by atoms with Crippen molar-refractivity contribution in [1.29, 1.82) is 0 Å². The molecule has 0 amide bonds. The lowest BCUT2D eigenvalue weighted by Crippen LogP contribution is -1.85. The first-order valence-electron chi connectivity index (χ1n) is 8.25. The van der Waals surface area contributed by atoms with Crippen molar-refractivity contribution >= 4 is 43.1 Å². The lowest BCUT2D eigenvalue weighted by Gasteiger charge is -2.00. The molecule has 0 bridgehead atoms. The Labute approximate surface area is 158 Å². The number of benzene rings is 1.